The van der Waals surface area contributed by atoms with Gasteiger partial charge in [0.25, 0.3) is 0 Å². The molecule has 0 saturated heterocycles. The molecular weight excluding hydrogens is 244 g/mol. The molecule has 0 atom stereocenters. The fourth-order valence-corrected chi connectivity index (χ4v) is 1.54. The van der Waals surface area contributed by atoms with Crippen LogP contribution < -0.4 is 15.4 Å². The number of carbonyl (C=O) groups excluding carboxylic acids is 1. The van der Waals surface area contributed by atoms with E-state index in [1.807, 2.05) is 24.3 Å². The van der Waals surface area contributed by atoms with Crippen molar-refractivity contribution in [2.75, 3.05) is 19.5 Å². The molecule has 0 spiro atoms. The zero-order valence-corrected chi connectivity index (χ0v) is 10.7. The van der Waals surface area contributed by atoms with Crippen molar-refractivity contribution in [3.8, 4) is 17.0 Å². The Kier molecular flexibility index (Phi) is 3.92. The first-order valence-electron chi connectivity index (χ1n) is 5.68. The van der Waals surface area contributed by atoms with Crippen molar-refractivity contribution in [2.24, 2.45) is 0 Å². The van der Waals surface area contributed by atoms with E-state index in [1.54, 1.807) is 20.2 Å². The van der Waals surface area contributed by atoms with Gasteiger partial charge in [0.15, 0.2) is 0 Å². The summed E-state index contributed by atoms with van der Waals surface area (Å²) in [5, 5.41) is 5.06. The molecule has 2 aromatic rings. The highest BCUT2D eigenvalue weighted by molar-refractivity contribution is 5.88. The molecule has 1 aromatic heterocycles. The van der Waals surface area contributed by atoms with Gasteiger partial charge in [-0.2, -0.15) is 0 Å². The van der Waals surface area contributed by atoms with Gasteiger partial charge in [0.05, 0.1) is 12.8 Å². The predicted octanol–water partition coefficient (Wildman–Crippen LogP) is 1.90. The van der Waals surface area contributed by atoms with E-state index in [1.165, 1.54) is 6.33 Å². The summed E-state index contributed by atoms with van der Waals surface area (Å²) in [5.41, 5.74) is 1.60. The average molecular weight is 258 g/mol. The number of rotatable bonds is 3. The number of carbonyl (C=O) groups is 1. The molecule has 0 fully saturated rings. The van der Waals surface area contributed by atoms with Crippen LogP contribution in [0.2, 0.25) is 0 Å². The van der Waals surface area contributed by atoms with E-state index in [2.05, 4.69) is 20.6 Å². The van der Waals surface area contributed by atoms with Gasteiger partial charge in [0.1, 0.15) is 17.9 Å². The molecule has 0 bridgehead atoms. The quantitative estimate of drug-likeness (QED) is 0.881. The first-order chi connectivity index (χ1) is 9.22. The molecule has 0 aliphatic heterocycles. The monoisotopic (exact) mass is 258 g/mol. The summed E-state index contributed by atoms with van der Waals surface area (Å²) < 4.78 is 5.17. The van der Waals surface area contributed by atoms with Crippen LogP contribution in [0.25, 0.3) is 11.3 Å². The van der Waals surface area contributed by atoms with E-state index in [4.69, 9.17) is 4.74 Å². The Morgan fingerprint density at radius 3 is 2.84 bits per heavy atom. The van der Waals surface area contributed by atoms with Crippen molar-refractivity contribution in [1.82, 2.24) is 15.3 Å². The van der Waals surface area contributed by atoms with Crippen LogP contribution in [0.1, 0.15) is 0 Å². The lowest BCUT2D eigenvalue weighted by atomic mass is 10.1. The number of aromatic nitrogens is 2. The van der Waals surface area contributed by atoms with Crippen LogP contribution in [0.5, 0.6) is 5.75 Å². The topological polar surface area (TPSA) is 76.1 Å². The number of methoxy groups -OCH3 is 1. The van der Waals surface area contributed by atoms with Gasteiger partial charge in [-0.25, -0.2) is 14.8 Å². The van der Waals surface area contributed by atoms with Crippen molar-refractivity contribution in [2.45, 2.75) is 0 Å². The predicted molar refractivity (Wildman–Crippen MR) is 72.1 cm³/mol. The maximum absolute atomic E-state index is 11.2. The molecule has 2 amide bonds. The normalized spacial score (nSPS) is 9.79. The van der Waals surface area contributed by atoms with E-state index in [-0.39, 0.29) is 6.03 Å². The summed E-state index contributed by atoms with van der Waals surface area (Å²) in [5.74, 6) is 1.18. The minimum Gasteiger partial charge on any atom is -0.497 e. The summed E-state index contributed by atoms with van der Waals surface area (Å²) in [7, 11) is 3.15. The number of hydrogen-bond donors (Lipinski definition) is 2. The third-order valence-corrected chi connectivity index (χ3v) is 2.50. The molecule has 1 aromatic carbocycles. The van der Waals surface area contributed by atoms with Gasteiger partial charge in [-0.3, -0.25) is 5.32 Å². The second-order valence-corrected chi connectivity index (χ2v) is 3.72. The molecule has 6 nitrogen and oxygen atoms in total. The molecule has 0 unspecified atom stereocenters. The highest BCUT2D eigenvalue weighted by Crippen LogP contribution is 2.22. The number of urea groups is 1. The van der Waals surface area contributed by atoms with E-state index in [0.29, 0.717) is 11.5 Å². The molecule has 2 N–H and O–H groups in total. The molecule has 0 aliphatic carbocycles. The molecule has 6 heteroatoms. The van der Waals surface area contributed by atoms with Gasteiger partial charge in [0, 0.05) is 18.7 Å². The Morgan fingerprint density at radius 1 is 1.26 bits per heavy atom. The van der Waals surface area contributed by atoms with Crippen molar-refractivity contribution in [3.05, 3.63) is 36.7 Å². The highest BCUT2D eigenvalue weighted by atomic mass is 16.5. The summed E-state index contributed by atoms with van der Waals surface area (Å²) in [6.45, 7) is 0. The van der Waals surface area contributed by atoms with Crippen LogP contribution >= 0.6 is 0 Å². The second-order valence-electron chi connectivity index (χ2n) is 3.72. The van der Waals surface area contributed by atoms with Crippen LogP contribution in [0.15, 0.2) is 36.7 Å². The lowest BCUT2D eigenvalue weighted by Crippen LogP contribution is -2.24. The number of hydrogen-bond acceptors (Lipinski definition) is 4. The molecule has 19 heavy (non-hydrogen) atoms. The molecule has 0 aliphatic rings. The standard InChI is InChI=1S/C13H14N4O2/c1-14-13(18)17-12-7-11(15-8-16-12)9-4-3-5-10(6-9)19-2/h3-8H,1-2H3,(H2,14,15,16,17,18). The van der Waals surface area contributed by atoms with E-state index < -0.39 is 0 Å². The number of nitrogens with one attached hydrogen (secondary N) is 2. The fourth-order valence-electron chi connectivity index (χ4n) is 1.54. The third-order valence-electron chi connectivity index (χ3n) is 2.50. The first-order valence-corrected chi connectivity index (χ1v) is 5.68. The molecular formula is C13H14N4O2. The zero-order valence-electron chi connectivity index (χ0n) is 10.7. The lowest BCUT2D eigenvalue weighted by Gasteiger charge is -2.06. The van der Waals surface area contributed by atoms with E-state index >= 15 is 0 Å². The van der Waals surface area contributed by atoms with Gasteiger partial charge in [0.2, 0.25) is 0 Å². The Morgan fingerprint density at radius 2 is 2.11 bits per heavy atom. The van der Waals surface area contributed by atoms with Gasteiger partial charge >= 0.3 is 6.03 Å². The van der Waals surface area contributed by atoms with Crippen molar-refractivity contribution in [3.63, 3.8) is 0 Å². The number of ether oxygens (including phenoxy) is 1. The molecule has 98 valence electrons. The number of amides is 2. The highest BCUT2D eigenvalue weighted by Gasteiger charge is 2.05. The minimum absolute atomic E-state index is 0.324. The number of nitrogens with zero attached hydrogens (tertiary/aromatic N) is 2. The zero-order chi connectivity index (χ0) is 13.7. The molecule has 2 rings (SSSR count). The van der Waals surface area contributed by atoms with Gasteiger partial charge < -0.3 is 10.1 Å². The summed E-state index contributed by atoms with van der Waals surface area (Å²) in [6.07, 6.45) is 1.40. The number of benzene rings is 1. The van der Waals surface area contributed by atoms with Crippen LogP contribution in [0, 0.1) is 0 Å². The Hall–Kier alpha value is -2.63. The largest absolute Gasteiger partial charge is 0.497 e. The van der Waals surface area contributed by atoms with Gasteiger partial charge in [-0.15, -0.1) is 0 Å². The second kappa shape index (κ2) is 5.81. The SMILES string of the molecule is CNC(=O)Nc1cc(-c2cccc(OC)c2)ncn1. The maximum atomic E-state index is 11.2. The minimum atomic E-state index is -0.324. The van der Waals surface area contributed by atoms with Crippen LogP contribution in [-0.2, 0) is 0 Å². The maximum Gasteiger partial charge on any atom is 0.320 e. The van der Waals surface area contributed by atoms with Crippen LogP contribution in [0.3, 0.4) is 0 Å². The first kappa shape index (κ1) is 12.8. The smallest absolute Gasteiger partial charge is 0.320 e. The third kappa shape index (κ3) is 3.19. The Bertz CT molecular complexity index is 586. The Labute approximate surface area is 110 Å². The molecule has 0 saturated carbocycles. The van der Waals surface area contributed by atoms with Crippen molar-refractivity contribution in [1.29, 1.82) is 0 Å². The fraction of sp³-hybridized carbons (Fsp3) is 0.154. The van der Waals surface area contributed by atoms with Crippen molar-refractivity contribution >= 4 is 11.8 Å². The van der Waals surface area contributed by atoms with Gasteiger partial charge in [-0.05, 0) is 12.1 Å². The van der Waals surface area contributed by atoms with E-state index in [9.17, 15) is 4.79 Å². The molecule has 1 heterocycles. The van der Waals surface area contributed by atoms with Crippen LogP contribution in [-0.4, -0.2) is 30.2 Å². The van der Waals surface area contributed by atoms with Crippen molar-refractivity contribution < 1.29 is 9.53 Å². The van der Waals surface area contributed by atoms with Gasteiger partial charge in [-0.1, -0.05) is 12.1 Å². The number of anilines is 1. The van der Waals surface area contributed by atoms with E-state index in [0.717, 1.165) is 11.3 Å². The summed E-state index contributed by atoms with van der Waals surface area (Å²) >= 11 is 0. The summed E-state index contributed by atoms with van der Waals surface area (Å²) in [6, 6.07) is 8.89. The molecule has 0 radical (unpaired) electrons. The average Bonchev–Trinajstić information content (AvgIpc) is 2.47. The Balaban J connectivity index is 2.29. The van der Waals surface area contributed by atoms with Crippen LogP contribution in [0.4, 0.5) is 10.6 Å². The summed E-state index contributed by atoms with van der Waals surface area (Å²) in [4.78, 5) is 19.4. The lowest BCUT2D eigenvalue weighted by molar-refractivity contribution is 0.254.